The number of hydrogen-bond donors (Lipinski definition) is 1. The average Bonchev–Trinajstić information content (AvgIpc) is 2.78. The normalized spacial score (nSPS) is 26.2. The fraction of sp³-hybridized carbons (Fsp3) is 0.733. The van der Waals surface area contributed by atoms with Gasteiger partial charge in [0, 0.05) is 0 Å². The Balaban J connectivity index is 1.66. The van der Waals surface area contributed by atoms with Crippen LogP contribution in [-0.2, 0) is 0 Å². The monoisotopic (exact) mass is 313 g/mol. The zero-order valence-corrected chi connectivity index (χ0v) is 13.0. The molecule has 1 saturated carbocycles. The summed E-state index contributed by atoms with van der Waals surface area (Å²) in [6.45, 7) is 5.64. The summed E-state index contributed by atoms with van der Waals surface area (Å²) in [6.07, 6.45) is 6.99. The second-order valence-electron chi connectivity index (χ2n) is 5.73. The molecule has 1 fully saturated rings. The van der Waals surface area contributed by atoms with Crippen LogP contribution < -0.4 is 5.32 Å². The molecule has 18 heavy (non-hydrogen) atoms. The molecule has 102 valence electrons. The van der Waals surface area contributed by atoms with Gasteiger partial charge in [0.05, 0.1) is 6.04 Å². The van der Waals surface area contributed by atoms with E-state index in [9.17, 15) is 0 Å². The van der Waals surface area contributed by atoms with Crippen LogP contribution in [0.1, 0.15) is 57.8 Å². The molecule has 0 aromatic carbocycles. The topological polar surface area (TPSA) is 25.2 Å². The largest absolute Gasteiger partial charge is 0.453 e. The molecule has 0 amide bonds. The molecule has 1 aliphatic carbocycles. The van der Waals surface area contributed by atoms with Gasteiger partial charge < -0.3 is 9.73 Å². The molecule has 1 aliphatic rings. The van der Waals surface area contributed by atoms with Crippen LogP contribution in [0.5, 0.6) is 0 Å². The fourth-order valence-corrected chi connectivity index (χ4v) is 3.10. The number of halogens is 1. The summed E-state index contributed by atoms with van der Waals surface area (Å²) in [5.74, 6) is 2.90. The van der Waals surface area contributed by atoms with Crippen molar-refractivity contribution in [1.82, 2.24) is 5.32 Å². The smallest absolute Gasteiger partial charge is 0.169 e. The number of furan rings is 1. The lowest BCUT2D eigenvalue weighted by Gasteiger charge is -2.26. The molecule has 1 atom stereocenters. The van der Waals surface area contributed by atoms with Crippen molar-refractivity contribution in [2.45, 2.75) is 52.0 Å². The molecule has 2 rings (SSSR count). The minimum Gasteiger partial charge on any atom is -0.453 e. The Labute approximate surface area is 119 Å². The lowest BCUT2D eigenvalue weighted by Crippen LogP contribution is -2.23. The number of hydrogen-bond acceptors (Lipinski definition) is 2. The molecule has 1 aromatic heterocycles. The molecule has 2 nitrogen and oxygen atoms in total. The fourth-order valence-electron chi connectivity index (χ4n) is 2.78. The second-order valence-corrected chi connectivity index (χ2v) is 6.51. The summed E-state index contributed by atoms with van der Waals surface area (Å²) >= 11 is 3.34. The Bertz CT molecular complexity index is 355. The van der Waals surface area contributed by atoms with Crippen molar-refractivity contribution in [3.05, 3.63) is 22.6 Å². The van der Waals surface area contributed by atoms with E-state index >= 15 is 0 Å². The van der Waals surface area contributed by atoms with Crippen LogP contribution >= 0.6 is 15.9 Å². The zero-order chi connectivity index (χ0) is 13.0. The van der Waals surface area contributed by atoms with E-state index in [0.29, 0.717) is 6.04 Å². The lowest BCUT2D eigenvalue weighted by atomic mass is 9.81. The molecule has 0 spiro atoms. The Morgan fingerprint density at radius 3 is 2.67 bits per heavy atom. The molecular weight excluding hydrogens is 290 g/mol. The molecule has 1 unspecified atom stereocenters. The van der Waals surface area contributed by atoms with Crippen molar-refractivity contribution in [3.8, 4) is 0 Å². The summed E-state index contributed by atoms with van der Waals surface area (Å²) in [6, 6.07) is 4.29. The first-order chi connectivity index (χ1) is 8.65. The minimum atomic E-state index is 0.304. The van der Waals surface area contributed by atoms with Crippen molar-refractivity contribution >= 4 is 15.9 Å². The van der Waals surface area contributed by atoms with Crippen LogP contribution in [0.3, 0.4) is 0 Å². The van der Waals surface area contributed by atoms with Gasteiger partial charge in [-0.1, -0.05) is 32.6 Å². The van der Waals surface area contributed by atoms with Gasteiger partial charge >= 0.3 is 0 Å². The van der Waals surface area contributed by atoms with E-state index in [1.807, 2.05) is 12.1 Å². The van der Waals surface area contributed by atoms with Crippen LogP contribution in [-0.4, -0.2) is 6.54 Å². The average molecular weight is 314 g/mol. The van der Waals surface area contributed by atoms with E-state index in [0.717, 1.165) is 28.8 Å². The molecule has 0 aliphatic heterocycles. The number of nitrogens with one attached hydrogen (secondary N) is 1. The summed E-state index contributed by atoms with van der Waals surface area (Å²) in [4.78, 5) is 0. The number of rotatable bonds is 5. The quantitative estimate of drug-likeness (QED) is 0.835. The summed E-state index contributed by atoms with van der Waals surface area (Å²) in [5, 5.41) is 3.56. The molecule has 1 aromatic rings. The van der Waals surface area contributed by atoms with Gasteiger partial charge in [-0.2, -0.15) is 0 Å². The Hall–Kier alpha value is -0.280. The predicted octanol–water partition coefficient (Wildman–Crippen LogP) is 4.91. The third-order valence-corrected chi connectivity index (χ3v) is 4.59. The standard InChI is InChI=1S/C15H24BrNO/c1-11-3-5-13(6-4-11)9-10-17-12(2)14-7-8-15(16)18-14/h7-8,11-13,17H,3-6,9-10H2,1-2H3. The third kappa shape index (κ3) is 4.13. The van der Waals surface area contributed by atoms with Crippen LogP contribution in [0.4, 0.5) is 0 Å². The highest BCUT2D eigenvalue weighted by atomic mass is 79.9. The zero-order valence-electron chi connectivity index (χ0n) is 11.4. The first-order valence-corrected chi connectivity index (χ1v) is 7.93. The van der Waals surface area contributed by atoms with Crippen LogP contribution in [0.2, 0.25) is 0 Å². The SMILES string of the molecule is CC1CCC(CCNC(C)c2ccc(Br)o2)CC1. The molecule has 0 bridgehead atoms. The highest BCUT2D eigenvalue weighted by Gasteiger charge is 2.18. The van der Waals surface area contributed by atoms with Crippen molar-refractivity contribution in [1.29, 1.82) is 0 Å². The van der Waals surface area contributed by atoms with Gasteiger partial charge in [0.2, 0.25) is 0 Å². The van der Waals surface area contributed by atoms with Crippen molar-refractivity contribution in [2.24, 2.45) is 11.8 Å². The maximum absolute atomic E-state index is 5.56. The molecule has 0 saturated heterocycles. The second kappa shape index (κ2) is 6.76. The summed E-state index contributed by atoms with van der Waals surface area (Å²) < 4.78 is 6.37. The predicted molar refractivity (Wildman–Crippen MR) is 78.6 cm³/mol. The van der Waals surface area contributed by atoms with E-state index in [4.69, 9.17) is 4.42 Å². The minimum absolute atomic E-state index is 0.304. The highest BCUT2D eigenvalue weighted by molar-refractivity contribution is 9.10. The van der Waals surface area contributed by atoms with Gasteiger partial charge in [0.1, 0.15) is 5.76 Å². The third-order valence-electron chi connectivity index (χ3n) is 4.16. The van der Waals surface area contributed by atoms with Gasteiger partial charge in [-0.05, 0) is 59.8 Å². The van der Waals surface area contributed by atoms with E-state index in [-0.39, 0.29) is 0 Å². The highest BCUT2D eigenvalue weighted by Crippen LogP contribution is 2.30. The summed E-state index contributed by atoms with van der Waals surface area (Å²) in [7, 11) is 0. The maximum atomic E-state index is 5.56. The Morgan fingerprint density at radius 1 is 1.33 bits per heavy atom. The Morgan fingerprint density at radius 2 is 2.06 bits per heavy atom. The van der Waals surface area contributed by atoms with E-state index in [2.05, 4.69) is 35.1 Å². The van der Waals surface area contributed by atoms with E-state index < -0.39 is 0 Å². The van der Waals surface area contributed by atoms with Gasteiger partial charge in [-0.3, -0.25) is 0 Å². The summed E-state index contributed by atoms with van der Waals surface area (Å²) in [5.41, 5.74) is 0. The van der Waals surface area contributed by atoms with Crippen molar-refractivity contribution < 1.29 is 4.42 Å². The first-order valence-electron chi connectivity index (χ1n) is 7.13. The lowest BCUT2D eigenvalue weighted by molar-refractivity contribution is 0.271. The molecule has 1 heterocycles. The molecule has 0 radical (unpaired) electrons. The van der Waals surface area contributed by atoms with Crippen LogP contribution in [0.25, 0.3) is 0 Å². The Kier molecular flexibility index (Phi) is 5.31. The molecular formula is C15H24BrNO. The van der Waals surface area contributed by atoms with Gasteiger partial charge in [0.25, 0.3) is 0 Å². The van der Waals surface area contributed by atoms with Gasteiger partial charge in [-0.15, -0.1) is 0 Å². The van der Waals surface area contributed by atoms with Gasteiger partial charge in [-0.25, -0.2) is 0 Å². The first kappa shape index (κ1) is 14.1. The van der Waals surface area contributed by atoms with Crippen molar-refractivity contribution in [2.75, 3.05) is 6.54 Å². The molecule has 1 N–H and O–H groups in total. The van der Waals surface area contributed by atoms with Crippen molar-refractivity contribution in [3.63, 3.8) is 0 Å². The van der Waals surface area contributed by atoms with Crippen LogP contribution in [0, 0.1) is 11.8 Å². The van der Waals surface area contributed by atoms with E-state index in [1.165, 1.54) is 32.1 Å². The van der Waals surface area contributed by atoms with E-state index in [1.54, 1.807) is 0 Å². The van der Waals surface area contributed by atoms with Crippen LogP contribution in [0.15, 0.2) is 21.2 Å². The molecule has 3 heteroatoms. The van der Waals surface area contributed by atoms with Gasteiger partial charge in [0.15, 0.2) is 4.67 Å². The maximum Gasteiger partial charge on any atom is 0.169 e.